The number of hydrazone groups is 1. The van der Waals surface area contributed by atoms with Gasteiger partial charge in [0.25, 0.3) is 5.91 Å². The molecule has 1 amide bonds. The maximum absolute atomic E-state index is 11.1. The van der Waals surface area contributed by atoms with Gasteiger partial charge < -0.3 is 0 Å². The molecule has 0 radical (unpaired) electrons. The van der Waals surface area contributed by atoms with Crippen molar-refractivity contribution >= 4 is 18.2 Å². The van der Waals surface area contributed by atoms with Crippen molar-refractivity contribution in [3.8, 4) is 0 Å². The van der Waals surface area contributed by atoms with Gasteiger partial charge >= 0.3 is 0 Å². The molecule has 0 atom stereocenters. The Kier molecular flexibility index (Phi) is 2.74. The SMILES string of the molecule is O=C1NN=CC1=CC=Cc1ccccc1. The molecule has 1 N–H and O–H groups in total. The van der Waals surface area contributed by atoms with E-state index in [4.69, 9.17) is 0 Å². The first-order valence-electron chi connectivity index (χ1n) is 4.63. The van der Waals surface area contributed by atoms with Crippen LogP contribution in [0.2, 0.25) is 0 Å². The number of hydrogen-bond donors (Lipinski definition) is 1. The first kappa shape index (κ1) is 9.40. The van der Waals surface area contributed by atoms with Crippen molar-refractivity contribution in [1.82, 2.24) is 5.43 Å². The van der Waals surface area contributed by atoms with Crippen molar-refractivity contribution in [1.29, 1.82) is 0 Å². The molecule has 1 aliphatic heterocycles. The summed E-state index contributed by atoms with van der Waals surface area (Å²) in [6, 6.07) is 9.90. The number of nitrogens with zero attached hydrogens (tertiary/aromatic N) is 1. The molecule has 3 nitrogen and oxygen atoms in total. The van der Waals surface area contributed by atoms with Gasteiger partial charge in [0.1, 0.15) is 0 Å². The van der Waals surface area contributed by atoms with E-state index in [1.807, 2.05) is 42.5 Å². The smallest absolute Gasteiger partial charge is 0.267 e. The molecule has 1 aliphatic rings. The molecule has 15 heavy (non-hydrogen) atoms. The number of hydrogen-bond acceptors (Lipinski definition) is 2. The van der Waals surface area contributed by atoms with Crippen LogP contribution in [0.25, 0.3) is 6.08 Å². The molecule has 0 fully saturated rings. The fourth-order valence-electron chi connectivity index (χ4n) is 1.23. The minimum absolute atomic E-state index is 0.160. The van der Waals surface area contributed by atoms with Gasteiger partial charge in [-0.3, -0.25) is 4.79 Å². The van der Waals surface area contributed by atoms with E-state index in [-0.39, 0.29) is 5.91 Å². The molecule has 0 aliphatic carbocycles. The standard InChI is InChI=1S/C12H10N2O/c15-12-11(9-13-14-12)8-4-7-10-5-2-1-3-6-10/h1-9H,(H,14,15). The fourth-order valence-corrected chi connectivity index (χ4v) is 1.23. The topological polar surface area (TPSA) is 41.5 Å². The molecule has 1 heterocycles. The summed E-state index contributed by atoms with van der Waals surface area (Å²) >= 11 is 0. The van der Waals surface area contributed by atoms with Crippen LogP contribution < -0.4 is 5.43 Å². The largest absolute Gasteiger partial charge is 0.272 e. The summed E-state index contributed by atoms with van der Waals surface area (Å²) in [6.07, 6.45) is 7.02. The lowest BCUT2D eigenvalue weighted by Gasteiger charge is -1.89. The lowest BCUT2D eigenvalue weighted by molar-refractivity contribution is -0.116. The van der Waals surface area contributed by atoms with Crippen molar-refractivity contribution in [3.05, 3.63) is 53.6 Å². The fraction of sp³-hybridized carbons (Fsp3) is 0. The second kappa shape index (κ2) is 4.37. The van der Waals surface area contributed by atoms with E-state index in [2.05, 4.69) is 10.5 Å². The summed E-state index contributed by atoms with van der Waals surface area (Å²) in [5.41, 5.74) is 4.02. The summed E-state index contributed by atoms with van der Waals surface area (Å²) in [5, 5.41) is 3.64. The van der Waals surface area contributed by atoms with Crippen molar-refractivity contribution < 1.29 is 4.79 Å². The van der Waals surface area contributed by atoms with Gasteiger partial charge in [-0.15, -0.1) is 0 Å². The van der Waals surface area contributed by atoms with Crippen molar-refractivity contribution in [3.63, 3.8) is 0 Å². The van der Waals surface area contributed by atoms with Crippen LogP contribution in [-0.4, -0.2) is 12.1 Å². The van der Waals surface area contributed by atoms with Crippen molar-refractivity contribution in [2.75, 3.05) is 0 Å². The lowest BCUT2D eigenvalue weighted by Crippen LogP contribution is -2.11. The van der Waals surface area contributed by atoms with E-state index in [1.165, 1.54) is 6.21 Å². The number of carbonyl (C=O) groups excluding carboxylic acids is 1. The number of amides is 1. The van der Waals surface area contributed by atoms with Gasteiger partial charge in [0.05, 0.1) is 11.8 Å². The zero-order valence-electron chi connectivity index (χ0n) is 8.05. The van der Waals surface area contributed by atoms with Crippen LogP contribution in [0.5, 0.6) is 0 Å². The monoisotopic (exact) mass is 198 g/mol. The predicted octanol–water partition coefficient (Wildman–Crippen LogP) is 1.74. The summed E-state index contributed by atoms with van der Waals surface area (Å²) < 4.78 is 0. The molecule has 0 spiro atoms. The summed E-state index contributed by atoms with van der Waals surface area (Å²) in [4.78, 5) is 11.1. The maximum Gasteiger partial charge on any atom is 0.272 e. The Hall–Kier alpha value is -2.16. The second-order valence-corrected chi connectivity index (χ2v) is 3.09. The highest BCUT2D eigenvalue weighted by Crippen LogP contribution is 2.03. The Labute approximate surface area is 87.8 Å². The Balaban J connectivity index is 2.07. The predicted molar refractivity (Wildman–Crippen MR) is 60.2 cm³/mol. The second-order valence-electron chi connectivity index (χ2n) is 3.09. The average Bonchev–Trinajstić information content (AvgIpc) is 2.66. The van der Waals surface area contributed by atoms with Crippen LogP contribution in [0.4, 0.5) is 0 Å². The van der Waals surface area contributed by atoms with Crippen LogP contribution in [0.1, 0.15) is 5.56 Å². The van der Waals surface area contributed by atoms with Crippen LogP contribution in [0.3, 0.4) is 0 Å². The Bertz CT molecular complexity index is 444. The molecular weight excluding hydrogens is 188 g/mol. The number of rotatable bonds is 2. The van der Waals surface area contributed by atoms with E-state index in [9.17, 15) is 4.79 Å². The van der Waals surface area contributed by atoms with E-state index in [0.717, 1.165) is 5.56 Å². The minimum atomic E-state index is -0.160. The maximum atomic E-state index is 11.1. The quantitative estimate of drug-likeness (QED) is 0.722. The van der Waals surface area contributed by atoms with Crippen LogP contribution in [0.15, 0.2) is 53.2 Å². The first-order chi connectivity index (χ1) is 7.36. The third-order valence-corrected chi connectivity index (χ3v) is 2.00. The van der Waals surface area contributed by atoms with Crippen LogP contribution in [0, 0.1) is 0 Å². The summed E-state index contributed by atoms with van der Waals surface area (Å²) in [6.45, 7) is 0. The van der Waals surface area contributed by atoms with Gasteiger partial charge in [-0.1, -0.05) is 42.5 Å². The van der Waals surface area contributed by atoms with Crippen molar-refractivity contribution in [2.24, 2.45) is 5.10 Å². The number of allylic oxidation sites excluding steroid dienone is 2. The highest BCUT2D eigenvalue weighted by atomic mass is 16.2. The van der Waals surface area contributed by atoms with Gasteiger partial charge in [-0.05, 0) is 11.6 Å². The highest BCUT2D eigenvalue weighted by molar-refractivity contribution is 6.15. The molecular formula is C12H10N2O. The molecule has 0 saturated carbocycles. The molecule has 3 heteroatoms. The zero-order valence-corrected chi connectivity index (χ0v) is 8.05. The number of nitrogens with one attached hydrogen (secondary N) is 1. The Morgan fingerprint density at radius 2 is 2.00 bits per heavy atom. The van der Waals surface area contributed by atoms with Crippen LogP contribution >= 0.6 is 0 Å². The van der Waals surface area contributed by atoms with Gasteiger partial charge in [0, 0.05) is 0 Å². The zero-order chi connectivity index (χ0) is 10.5. The molecule has 1 aromatic rings. The summed E-state index contributed by atoms with van der Waals surface area (Å²) in [5.74, 6) is -0.160. The van der Waals surface area contributed by atoms with E-state index >= 15 is 0 Å². The van der Waals surface area contributed by atoms with Gasteiger partial charge in [0.2, 0.25) is 0 Å². The lowest BCUT2D eigenvalue weighted by atomic mass is 10.2. The summed E-state index contributed by atoms with van der Waals surface area (Å²) in [7, 11) is 0. The van der Waals surface area contributed by atoms with Crippen molar-refractivity contribution in [2.45, 2.75) is 0 Å². The highest BCUT2D eigenvalue weighted by Gasteiger charge is 2.09. The van der Waals surface area contributed by atoms with Gasteiger partial charge in [-0.25, -0.2) is 5.43 Å². The Morgan fingerprint density at radius 1 is 1.20 bits per heavy atom. The van der Waals surface area contributed by atoms with E-state index < -0.39 is 0 Å². The molecule has 0 saturated heterocycles. The average molecular weight is 198 g/mol. The third-order valence-electron chi connectivity index (χ3n) is 2.00. The first-order valence-corrected chi connectivity index (χ1v) is 4.63. The number of benzene rings is 1. The normalized spacial score (nSPS) is 17.6. The van der Waals surface area contributed by atoms with Gasteiger partial charge in [0.15, 0.2) is 0 Å². The molecule has 74 valence electrons. The third kappa shape index (κ3) is 2.40. The molecule has 0 aromatic heterocycles. The number of carbonyl (C=O) groups is 1. The van der Waals surface area contributed by atoms with Gasteiger partial charge in [-0.2, -0.15) is 5.10 Å². The molecule has 0 unspecified atom stereocenters. The Morgan fingerprint density at radius 3 is 2.67 bits per heavy atom. The molecule has 0 bridgehead atoms. The van der Waals surface area contributed by atoms with Crippen LogP contribution in [-0.2, 0) is 4.79 Å². The van der Waals surface area contributed by atoms with E-state index in [0.29, 0.717) is 5.57 Å². The molecule has 2 rings (SSSR count). The van der Waals surface area contributed by atoms with E-state index in [1.54, 1.807) is 6.08 Å². The minimum Gasteiger partial charge on any atom is -0.267 e. The molecule has 1 aromatic carbocycles.